The zero-order valence-electron chi connectivity index (χ0n) is 10.8. The van der Waals surface area contributed by atoms with Gasteiger partial charge >= 0.3 is 0 Å². The Morgan fingerprint density at radius 3 is 2.53 bits per heavy atom. The summed E-state index contributed by atoms with van der Waals surface area (Å²) >= 11 is 0. The molecular weight excluding hydrogens is 246 g/mol. The van der Waals surface area contributed by atoms with Gasteiger partial charge in [-0.25, -0.2) is 0 Å². The van der Waals surface area contributed by atoms with E-state index in [-0.39, 0.29) is 5.69 Å². The third-order valence-electron chi connectivity index (χ3n) is 3.36. The Kier molecular flexibility index (Phi) is 4.70. The topological polar surface area (TPSA) is 81.6 Å². The van der Waals surface area contributed by atoms with Gasteiger partial charge in [-0.3, -0.25) is 15.0 Å². The lowest BCUT2D eigenvalue weighted by atomic mass is 10.1. The van der Waals surface area contributed by atoms with Crippen molar-refractivity contribution in [2.45, 2.75) is 18.9 Å². The highest BCUT2D eigenvalue weighted by atomic mass is 16.6. The molecule has 1 heterocycles. The van der Waals surface area contributed by atoms with Crippen molar-refractivity contribution < 1.29 is 9.66 Å². The van der Waals surface area contributed by atoms with Gasteiger partial charge in [-0.05, 0) is 38.1 Å². The van der Waals surface area contributed by atoms with Crippen molar-refractivity contribution in [3.05, 3.63) is 34.4 Å². The molecule has 2 rings (SSSR count). The van der Waals surface area contributed by atoms with Gasteiger partial charge < -0.3 is 10.5 Å². The van der Waals surface area contributed by atoms with Gasteiger partial charge in [-0.15, -0.1) is 0 Å². The quantitative estimate of drug-likeness (QED) is 0.642. The minimum atomic E-state index is -0.416. The Bertz CT molecular complexity index is 414. The zero-order chi connectivity index (χ0) is 13.7. The Morgan fingerprint density at radius 1 is 1.32 bits per heavy atom. The summed E-state index contributed by atoms with van der Waals surface area (Å²) in [5.74, 6) is 0.666. The molecule has 0 saturated carbocycles. The van der Waals surface area contributed by atoms with Crippen LogP contribution in [-0.2, 0) is 0 Å². The van der Waals surface area contributed by atoms with Gasteiger partial charge in [0.15, 0.2) is 0 Å². The monoisotopic (exact) mass is 265 g/mol. The van der Waals surface area contributed by atoms with Crippen LogP contribution in [0, 0.1) is 10.1 Å². The highest BCUT2D eigenvalue weighted by molar-refractivity contribution is 5.35. The predicted octanol–water partition coefficient (Wildman–Crippen LogP) is 1.40. The van der Waals surface area contributed by atoms with Crippen molar-refractivity contribution in [3.63, 3.8) is 0 Å². The number of hydrogen-bond donors (Lipinski definition) is 1. The van der Waals surface area contributed by atoms with Crippen molar-refractivity contribution >= 4 is 5.69 Å². The van der Waals surface area contributed by atoms with Crippen LogP contribution in [0.2, 0.25) is 0 Å². The van der Waals surface area contributed by atoms with Crippen molar-refractivity contribution in [2.24, 2.45) is 5.73 Å². The molecule has 1 aromatic rings. The van der Waals surface area contributed by atoms with Gasteiger partial charge in [0.1, 0.15) is 12.4 Å². The first-order chi connectivity index (χ1) is 9.15. The molecule has 0 aromatic heterocycles. The van der Waals surface area contributed by atoms with E-state index in [1.807, 2.05) is 0 Å². The number of nitro groups is 1. The van der Waals surface area contributed by atoms with Crippen LogP contribution in [0.25, 0.3) is 0 Å². The highest BCUT2D eigenvalue weighted by Gasteiger charge is 2.15. The van der Waals surface area contributed by atoms with Crippen LogP contribution >= 0.6 is 0 Å². The molecule has 1 aliphatic heterocycles. The molecule has 1 fully saturated rings. The van der Waals surface area contributed by atoms with Gasteiger partial charge in [0, 0.05) is 24.7 Å². The minimum absolute atomic E-state index is 0.0809. The lowest BCUT2D eigenvalue weighted by Gasteiger charge is -2.29. The summed E-state index contributed by atoms with van der Waals surface area (Å²) in [4.78, 5) is 12.4. The standard InChI is InChI=1S/C13H19N3O3/c14-11-5-7-15(8-6-11)9-10-19-13-3-1-12(2-4-13)16(17)18/h1-4,11H,5-10,14H2. The Balaban J connectivity index is 1.72. The Morgan fingerprint density at radius 2 is 1.95 bits per heavy atom. The van der Waals surface area contributed by atoms with E-state index in [0.29, 0.717) is 18.4 Å². The maximum atomic E-state index is 10.5. The molecular formula is C13H19N3O3. The molecule has 0 bridgehead atoms. The van der Waals surface area contributed by atoms with Gasteiger partial charge in [-0.2, -0.15) is 0 Å². The van der Waals surface area contributed by atoms with E-state index >= 15 is 0 Å². The van der Waals surface area contributed by atoms with E-state index in [9.17, 15) is 10.1 Å². The first kappa shape index (κ1) is 13.8. The van der Waals surface area contributed by atoms with E-state index < -0.39 is 4.92 Å². The van der Waals surface area contributed by atoms with E-state index in [1.165, 1.54) is 12.1 Å². The third kappa shape index (κ3) is 4.18. The van der Waals surface area contributed by atoms with Gasteiger partial charge in [-0.1, -0.05) is 0 Å². The summed E-state index contributed by atoms with van der Waals surface area (Å²) in [7, 11) is 0. The average Bonchev–Trinajstić information content (AvgIpc) is 2.41. The lowest BCUT2D eigenvalue weighted by molar-refractivity contribution is -0.384. The summed E-state index contributed by atoms with van der Waals surface area (Å²) in [6.07, 6.45) is 2.08. The lowest BCUT2D eigenvalue weighted by Crippen LogP contribution is -2.41. The number of nitro benzene ring substituents is 1. The molecule has 2 N–H and O–H groups in total. The number of ether oxygens (including phenoxy) is 1. The van der Waals surface area contributed by atoms with Crippen molar-refractivity contribution in [3.8, 4) is 5.75 Å². The predicted molar refractivity (Wildman–Crippen MR) is 72.2 cm³/mol. The molecule has 0 amide bonds. The third-order valence-corrected chi connectivity index (χ3v) is 3.36. The van der Waals surface area contributed by atoms with Gasteiger partial charge in [0.25, 0.3) is 5.69 Å². The Hall–Kier alpha value is -1.66. The average molecular weight is 265 g/mol. The van der Waals surface area contributed by atoms with Crippen molar-refractivity contribution in [1.82, 2.24) is 4.90 Å². The highest BCUT2D eigenvalue weighted by Crippen LogP contribution is 2.17. The number of likely N-dealkylation sites (tertiary alicyclic amines) is 1. The molecule has 1 saturated heterocycles. The minimum Gasteiger partial charge on any atom is -0.492 e. The Labute approximate surface area is 112 Å². The molecule has 0 unspecified atom stereocenters. The van der Waals surface area contributed by atoms with Crippen LogP contribution in [0.5, 0.6) is 5.75 Å². The largest absolute Gasteiger partial charge is 0.492 e. The van der Waals surface area contributed by atoms with Crippen molar-refractivity contribution in [1.29, 1.82) is 0 Å². The van der Waals surface area contributed by atoms with E-state index in [1.54, 1.807) is 12.1 Å². The first-order valence-electron chi connectivity index (χ1n) is 6.50. The second-order valence-electron chi connectivity index (χ2n) is 4.78. The van der Waals surface area contributed by atoms with Crippen LogP contribution in [-0.4, -0.2) is 42.1 Å². The number of piperidine rings is 1. The zero-order valence-corrected chi connectivity index (χ0v) is 10.8. The second kappa shape index (κ2) is 6.49. The number of non-ortho nitro benzene ring substituents is 1. The number of nitrogens with zero attached hydrogens (tertiary/aromatic N) is 2. The SMILES string of the molecule is NC1CCN(CCOc2ccc([N+](=O)[O-])cc2)CC1. The van der Waals surface area contributed by atoms with Crippen LogP contribution in [0.4, 0.5) is 5.69 Å². The normalized spacial score (nSPS) is 17.3. The fourth-order valence-electron chi connectivity index (χ4n) is 2.13. The van der Waals surface area contributed by atoms with Gasteiger partial charge in [0.2, 0.25) is 0 Å². The summed E-state index contributed by atoms with van der Waals surface area (Å²) in [5.41, 5.74) is 5.92. The smallest absolute Gasteiger partial charge is 0.269 e. The van der Waals surface area contributed by atoms with Crippen LogP contribution in [0.3, 0.4) is 0 Å². The molecule has 0 aliphatic carbocycles. The molecule has 104 valence electrons. The second-order valence-corrected chi connectivity index (χ2v) is 4.78. The van der Waals surface area contributed by atoms with E-state index in [0.717, 1.165) is 32.5 Å². The maximum absolute atomic E-state index is 10.5. The fraction of sp³-hybridized carbons (Fsp3) is 0.538. The molecule has 6 nitrogen and oxygen atoms in total. The summed E-state index contributed by atoms with van der Waals surface area (Å²) < 4.78 is 5.57. The number of hydrogen-bond acceptors (Lipinski definition) is 5. The van der Waals surface area contributed by atoms with Crippen LogP contribution in [0.1, 0.15) is 12.8 Å². The summed E-state index contributed by atoms with van der Waals surface area (Å²) in [6.45, 7) is 3.49. The molecule has 19 heavy (non-hydrogen) atoms. The summed E-state index contributed by atoms with van der Waals surface area (Å²) in [6, 6.07) is 6.51. The van der Waals surface area contributed by atoms with E-state index in [2.05, 4.69) is 4.90 Å². The van der Waals surface area contributed by atoms with Crippen molar-refractivity contribution in [2.75, 3.05) is 26.2 Å². The summed E-state index contributed by atoms with van der Waals surface area (Å²) in [5, 5.41) is 10.5. The molecule has 1 aromatic carbocycles. The van der Waals surface area contributed by atoms with Gasteiger partial charge in [0.05, 0.1) is 4.92 Å². The number of rotatable bonds is 5. The molecule has 0 radical (unpaired) electrons. The maximum Gasteiger partial charge on any atom is 0.269 e. The molecule has 1 aliphatic rings. The number of nitrogens with two attached hydrogens (primary N) is 1. The molecule has 6 heteroatoms. The van der Waals surface area contributed by atoms with Crippen LogP contribution < -0.4 is 10.5 Å². The molecule has 0 spiro atoms. The molecule has 0 atom stereocenters. The van der Waals surface area contributed by atoms with Crippen LogP contribution in [0.15, 0.2) is 24.3 Å². The first-order valence-corrected chi connectivity index (χ1v) is 6.50. The number of benzene rings is 1. The fourth-order valence-corrected chi connectivity index (χ4v) is 2.13. The van der Waals surface area contributed by atoms with E-state index in [4.69, 9.17) is 10.5 Å².